The van der Waals surface area contributed by atoms with Gasteiger partial charge in [-0.2, -0.15) is 0 Å². The molecule has 0 bridgehead atoms. The number of aliphatic hydroxyl groups is 1. The van der Waals surface area contributed by atoms with Crippen molar-refractivity contribution in [1.29, 1.82) is 0 Å². The van der Waals surface area contributed by atoms with Gasteiger partial charge >= 0.3 is 0 Å². The summed E-state index contributed by atoms with van der Waals surface area (Å²) in [5.74, 6) is 0.649. The van der Waals surface area contributed by atoms with Gasteiger partial charge < -0.3 is 9.84 Å². The average molecular weight is 170 g/mol. The van der Waals surface area contributed by atoms with Gasteiger partial charge in [-0.1, -0.05) is 19.3 Å². The molecule has 2 fully saturated rings. The van der Waals surface area contributed by atoms with Crippen molar-refractivity contribution >= 4 is 0 Å². The van der Waals surface area contributed by atoms with Gasteiger partial charge in [-0.15, -0.1) is 0 Å². The Bertz CT molecular complexity index is 147. The molecule has 0 radical (unpaired) electrons. The molecule has 0 spiro atoms. The van der Waals surface area contributed by atoms with E-state index in [2.05, 4.69) is 0 Å². The fourth-order valence-corrected chi connectivity index (χ4v) is 2.49. The summed E-state index contributed by atoms with van der Waals surface area (Å²) in [6, 6.07) is 0. The van der Waals surface area contributed by atoms with Gasteiger partial charge in [-0.25, -0.2) is 0 Å². The third-order valence-corrected chi connectivity index (χ3v) is 3.17. The van der Waals surface area contributed by atoms with Crippen LogP contribution in [-0.4, -0.2) is 23.9 Å². The fraction of sp³-hybridized carbons (Fsp3) is 1.00. The molecule has 0 unspecified atom stereocenters. The molecule has 2 aliphatic rings. The van der Waals surface area contributed by atoms with Gasteiger partial charge in [0, 0.05) is 0 Å². The van der Waals surface area contributed by atoms with Crippen molar-refractivity contribution in [2.24, 2.45) is 5.92 Å². The van der Waals surface area contributed by atoms with Crippen molar-refractivity contribution in [3.05, 3.63) is 0 Å². The van der Waals surface area contributed by atoms with E-state index in [1.54, 1.807) is 0 Å². The second-order valence-corrected chi connectivity index (χ2v) is 4.16. The molecule has 1 saturated carbocycles. The summed E-state index contributed by atoms with van der Waals surface area (Å²) in [4.78, 5) is 0. The van der Waals surface area contributed by atoms with Crippen molar-refractivity contribution in [2.45, 2.75) is 50.7 Å². The largest absolute Gasteiger partial charge is 0.391 e. The van der Waals surface area contributed by atoms with Gasteiger partial charge in [0.05, 0.1) is 18.8 Å². The zero-order valence-electron chi connectivity index (χ0n) is 7.54. The van der Waals surface area contributed by atoms with Crippen LogP contribution in [0.4, 0.5) is 0 Å². The van der Waals surface area contributed by atoms with Gasteiger partial charge in [0.1, 0.15) is 0 Å². The van der Waals surface area contributed by atoms with E-state index < -0.39 is 0 Å². The highest BCUT2D eigenvalue weighted by molar-refractivity contribution is 4.80. The first-order valence-electron chi connectivity index (χ1n) is 5.16. The van der Waals surface area contributed by atoms with Gasteiger partial charge in [-0.05, 0) is 25.2 Å². The molecular formula is C10H18O2. The molecule has 2 rings (SSSR count). The summed E-state index contributed by atoms with van der Waals surface area (Å²) in [5, 5.41) is 9.41. The molecule has 3 atom stereocenters. The molecule has 1 heterocycles. The monoisotopic (exact) mass is 170 g/mol. The van der Waals surface area contributed by atoms with E-state index in [1.807, 2.05) is 0 Å². The lowest BCUT2D eigenvalue weighted by molar-refractivity contribution is -0.0910. The molecule has 1 aliphatic heterocycles. The topological polar surface area (TPSA) is 29.5 Å². The van der Waals surface area contributed by atoms with Crippen molar-refractivity contribution in [1.82, 2.24) is 0 Å². The van der Waals surface area contributed by atoms with Crippen molar-refractivity contribution in [2.75, 3.05) is 6.61 Å². The second kappa shape index (κ2) is 3.75. The van der Waals surface area contributed by atoms with E-state index in [0.717, 1.165) is 6.42 Å². The van der Waals surface area contributed by atoms with E-state index in [-0.39, 0.29) is 6.10 Å². The highest BCUT2D eigenvalue weighted by atomic mass is 16.5. The number of ether oxygens (including phenoxy) is 1. The van der Waals surface area contributed by atoms with Crippen LogP contribution < -0.4 is 0 Å². The lowest BCUT2D eigenvalue weighted by Gasteiger charge is -2.33. The van der Waals surface area contributed by atoms with Gasteiger partial charge in [-0.3, -0.25) is 0 Å². The average Bonchev–Trinajstić information content (AvgIpc) is 2.28. The summed E-state index contributed by atoms with van der Waals surface area (Å²) in [7, 11) is 0. The minimum absolute atomic E-state index is 0.190. The summed E-state index contributed by atoms with van der Waals surface area (Å²) >= 11 is 0. The van der Waals surface area contributed by atoms with Crippen LogP contribution in [0, 0.1) is 5.92 Å². The van der Waals surface area contributed by atoms with Crippen molar-refractivity contribution in [3.8, 4) is 0 Å². The zero-order valence-corrected chi connectivity index (χ0v) is 7.54. The van der Waals surface area contributed by atoms with Crippen LogP contribution in [0.5, 0.6) is 0 Å². The normalized spacial score (nSPS) is 43.2. The Morgan fingerprint density at radius 3 is 2.83 bits per heavy atom. The van der Waals surface area contributed by atoms with Crippen molar-refractivity contribution < 1.29 is 9.84 Å². The minimum Gasteiger partial charge on any atom is -0.391 e. The van der Waals surface area contributed by atoms with E-state index in [1.165, 1.54) is 32.1 Å². The van der Waals surface area contributed by atoms with E-state index in [9.17, 15) is 5.11 Å². The molecule has 1 aliphatic carbocycles. The third kappa shape index (κ3) is 1.80. The number of aliphatic hydroxyl groups excluding tert-OH is 1. The first-order chi connectivity index (χ1) is 5.86. The van der Waals surface area contributed by atoms with E-state index in [0.29, 0.717) is 18.6 Å². The summed E-state index contributed by atoms with van der Waals surface area (Å²) in [5.41, 5.74) is 0. The predicted octanol–water partition coefficient (Wildman–Crippen LogP) is 1.72. The molecule has 12 heavy (non-hydrogen) atoms. The van der Waals surface area contributed by atoms with Gasteiger partial charge in [0.15, 0.2) is 0 Å². The van der Waals surface area contributed by atoms with Crippen LogP contribution in [0.2, 0.25) is 0 Å². The van der Waals surface area contributed by atoms with Crippen LogP contribution in [-0.2, 0) is 4.74 Å². The molecule has 1 N–H and O–H groups in total. The third-order valence-electron chi connectivity index (χ3n) is 3.17. The molecule has 2 nitrogen and oxygen atoms in total. The Balaban J connectivity index is 1.94. The standard InChI is InChI=1S/C10H18O2/c11-9-6-8-4-2-1-3-5-10(8)12-7-9/h8-11H,1-7H2/t8-,9+,10-/m0/s1. The maximum Gasteiger partial charge on any atom is 0.0777 e. The van der Waals surface area contributed by atoms with Crippen LogP contribution in [0.3, 0.4) is 0 Å². The van der Waals surface area contributed by atoms with Crippen LogP contribution in [0.1, 0.15) is 38.5 Å². The van der Waals surface area contributed by atoms with E-state index in [4.69, 9.17) is 4.74 Å². The highest BCUT2D eigenvalue weighted by Crippen LogP contribution is 2.32. The molecule has 2 heteroatoms. The summed E-state index contributed by atoms with van der Waals surface area (Å²) < 4.78 is 5.62. The first-order valence-corrected chi connectivity index (χ1v) is 5.16. The molecule has 0 amide bonds. The maximum atomic E-state index is 9.41. The molecule has 0 aromatic heterocycles. The highest BCUT2D eigenvalue weighted by Gasteiger charge is 2.30. The molecule has 0 aromatic carbocycles. The first kappa shape index (κ1) is 8.52. The predicted molar refractivity (Wildman–Crippen MR) is 46.9 cm³/mol. The van der Waals surface area contributed by atoms with Crippen LogP contribution >= 0.6 is 0 Å². The van der Waals surface area contributed by atoms with Crippen LogP contribution in [0.25, 0.3) is 0 Å². The number of fused-ring (bicyclic) bond motifs is 1. The smallest absolute Gasteiger partial charge is 0.0777 e. The Labute approximate surface area is 73.9 Å². The lowest BCUT2D eigenvalue weighted by atomic mass is 9.89. The van der Waals surface area contributed by atoms with Crippen molar-refractivity contribution in [3.63, 3.8) is 0 Å². The molecule has 0 aromatic rings. The summed E-state index contributed by atoms with van der Waals surface area (Å²) in [6.45, 7) is 0.571. The van der Waals surface area contributed by atoms with Gasteiger partial charge in [0.2, 0.25) is 0 Å². The second-order valence-electron chi connectivity index (χ2n) is 4.16. The molecular weight excluding hydrogens is 152 g/mol. The number of hydrogen-bond donors (Lipinski definition) is 1. The quantitative estimate of drug-likeness (QED) is 0.599. The fourth-order valence-electron chi connectivity index (χ4n) is 2.49. The Morgan fingerprint density at radius 2 is 1.92 bits per heavy atom. The molecule has 70 valence electrons. The number of hydrogen-bond acceptors (Lipinski definition) is 2. The number of rotatable bonds is 0. The molecule has 1 saturated heterocycles. The maximum absolute atomic E-state index is 9.41. The Hall–Kier alpha value is -0.0800. The van der Waals surface area contributed by atoms with Gasteiger partial charge in [0.25, 0.3) is 0 Å². The Kier molecular flexibility index (Phi) is 2.66. The SMILES string of the molecule is O[C@H]1CO[C@H]2CCCCC[C@H]2C1. The zero-order chi connectivity index (χ0) is 8.39. The lowest BCUT2D eigenvalue weighted by Crippen LogP contribution is -2.36. The minimum atomic E-state index is -0.190. The Morgan fingerprint density at radius 1 is 1.08 bits per heavy atom. The van der Waals surface area contributed by atoms with E-state index >= 15 is 0 Å². The van der Waals surface area contributed by atoms with Crippen LogP contribution in [0.15, 0.2) is 0 Å². The summed E-state index contributed by atoms with van der Waals surface area (Å²) in [6.07, 6.45) is 7.74.